The van der Waals surface area contributed by atoms with Crippen LogP contribution in [0.2, 0.25) is 10.0 Å². The predicted molar refractivity (Wildman–Crippen MR) is 123 cm³/mol. The van der Waals surface area contributed by atoms with Gasteiger partial charge in [0.05, 0.1) is 34.9 Å². The Morgan fingerprint density at radius 1 is 1.03 bits per heavy atom. The minimum absolute atomic E-state index is 0.0333. The van der Waals surface area contributed by atoms with E-state index >= 15 is 0 Å². The van der Waals surface area contributed by atoms with Crippen LogP contribution in [0.25, 0.3) is 11.3 Å². The number of anilines is 2. The van der Waals surface area contributed by atoms with Crippen LogP contribution in [0.15, 0.2) is 48.8 Å². The Bertz CT molecular complexity index is 1150. The number of rotatable bonds is 4. The Labute approximate surface area is 190 Å². The van der Waals surface area contributed by atoms with Crippen LogP contribution in [0.1, 0.15) is 22.0 Å². The number of hydrogen-bond acceptors (Lipinski definition) is 6. The third kappa shape index (κ3) is 3.99. The lowest BCUT2D eigenvalue weighted by Crippen LogP contribution is -2.36. The van der Waals surface area contributed by atoms with Crippen molar-refractivity contribution in [3.05, 3.63) is 70.1 Å². The summed E-state index contributed by atoms with van der Waals surface area (Å²) in [5.74, 6) is -0.332. The van der Waals surface area contributed by atoms with E-state index in [1.807, 2.05) is 6.07 Å². The van der Waals surface area contributed by atoms with Crippen molar-refractivity contribution in [1.82, 2.24) is 9.97 Å². The highest BCUT2D eigenvalue weighted by Gasteiger charge is 2.31. The highest BCUT2D eigenvalue weighted by Crippen LogP contribution is 2.37. The number of ether oxygens (including phenoxy) is 1. The molecular formula is C23H20Cl2N4O2. The molecule has 0 spiro atoms. The zero-order valence-corrected chi connectivity index (χ0v) is 18.2. The molecule has 0 bridgehead atoms. The summed E-state index contributed by atoms with van der Waals surface area (Å²) in [6.07, 6.45) is 1.42. The van der Waals surface area contributed by atoms with Crippen LogP contribution < -0.4 is 10.2 Å². The van der Waals surface area contributed by atoms with Crippen LogP contribution in [-0.2, 0) is 4.74 Å². The van der Waals surface area contributed by atoms with Gasteiger partial charge in [0, 0.05) is 36.6 Å². The van der Waals surface area contributed by atoms with Crippen LogP contribution in [-0.4, -0.2) is 48.6 Å². The van der Waals surface area contributed by atoms with Crippen molar-refractivity contribution in [2.45, 2.75) is 5.92 Å². The molecule has 1 N–H and O–H groups in total. The highest BCUT2D eigenvalue weighted by atomic mass is 35.5. The van der Waals surface area contributed by atoms with Gasteiger partial charge in [-0.15, -0.1) is 0 Å². The first-order valence-electron chi connectivity index (χ1n) is 10.1. The van der Waals surface area contributed by atoms with Crippen LogP contribution in [0.4, 0.5) is 11.4 Å². The molecule has 0 radical (unpaired) electrons. The van der Waals surface area contributed by atoms with Crippen molar-refractivity contribution in [2.75, 3.05) is 43.1 Å². The summed E-state index contributed by atoms with van der Waals surface area (Å²) in [6, 6.07) is 13.3. The number of ketones is 1. The van der Waals surface area contributed by atoms with Crippen molar-refractivity contribution >= 4 is 40.4 Å². The number of aromatic nitrogens is 2. The van der Waals surface area contributed by atoms with Gasteiger partial charge in [-0.25, -0.2) is 9.97 Å². The fraction of sp³-hybridized carbons (Fsp3) is 0.261. The van der Waals surface area contributed by atoms with E-state index < -0.39 is 0 Å². The minimum Gasteiger partial charge on any atom is -0.384 e. The zero-order chi connectivity index (χ0) is 21.4. The third-order valence-corrected chi connectivity index (χ3v) is 6.47. The molecule has 3 heterocycles. The van der Waals surface area contributed by atoms with Crippen LogP contribution in [0.3, 0.4) is 0 Å². The second kappa shape index (κ2) is 8.46. The van der Waals surface area contributed by atoms with Crippen molar-refractivity contribution in [2.24, 2.45) is 0 Å². The topological polar surface area (TPSA) is 67.4 Å². The SMILES string of the molecule is O=C(c1cc(-c2ccc(Cl)c(Cl)c2)ncn1)C1CNc2ccc(N3CCOCC3)cc21. The second-order valence-corrected chi connectivity index (χ2v) is 8.40. The van der Waals surface area contributed by atoms with Gasteiger partial charge >= 0.3 is 0 Å². The molecule has 2 aromatic carbocycles. The number of Topliss-reactive ketones (excluding diaryl/α,β-unsaturated/α-hetero) is 1. The largest absolute Gasteiger partial charge is 0.384 e. The van der Waals surface area contributed by atoms with Gasteiger partial charge in [0.1, 0.15) is 12.0 Å². The van der Waals surface area contributed by atoms with E-state index in [0.717, 1.165) is 48.8 Å². The summed E-state index contributed by atoms with van der Waals surface area (Å²) >= 11 is 12.2. The van der Waals surface area contributed by atoms with Gasteiger partial charge in [0.2, 0.25) is 0 Å². The average molecular weight is 455 g/mol. The molecule has 0 amide bonds. The smallest absolute Gasteiger partial charge is 0.190 e. The number of hydrogen-bond donors (Lipinski definition) is 1. The maximum Gasteiger partial charge on any atom is 0.190 e. The summed E-state index contributed by atoms with van der Waals surface area (Å²) in [7, 11) is 0. The van der Waals surface area contributed by atoms with Crippen molar-refractivity contribution in [3.8, 4) is 11.3 Å². The van der Waals surface area contributed by atoms with E-state index in [9.17, 15) is 4.79 Å². The highest BCUT2D eigenvalue weighted by molar-refractivity contribution is 6.42. The number of nitrogens with zero attached hydrogens (tertiary/aromatic N) is 3. The monoisotopic (exact) mass is 454 g/mol. The van der Waals surface area contributed by atoms with Crippen LogP contribution in [0, 0.1) is 0 Å². The number of morpholine rings is 1. The molecule has 8 heteroatoms. The van der Waals surface area contributed by atoms with Crippen molar-refractivity contribution in [1.29, 1.82) is 0 Å². The fourth-order valence-electron chi connectivity index (χ4n) is 4.06. The van der Waals surface area contributed by atoms with Crippen molar-refractivity contribution in [3.63, 3.8) is 0 Å². The molecular weight excluding hydrogens is 435 g/mol. The first kappa shape index (κ1) is 20.2. The lowest BCUT2D eigenvalue weighted by atomic mass is 9.93. The van der Waals surface area contributed by atoms with Crippen LogP contribution in [0.5, 0.6) is 0 Å². The Morgan fingerprint density at radius 2 is 1.87 bits per heavy atom. The van der Waals surface area contributed by atoms with Gasteiger partial charge in [-0.05, 0) is 42.0 Å². The Hall–Kier alpha value is -2.67. The molecule has 1 unspecified atom stereocenters. The molecule has 0 saturated carbocycles. The third-order valence-electron chi connectivity index (χ3n) is 5.73. The second-order valence-electron chi connectivity index (χ2n) is 7.59. The first-order valence-corrected chi connectivity index (χ1v) is 10.9. The molecule has 31 heavy (non-hydrogen) atoms. The molecule has 3 aromatic rings. The van der Waals surface area contributed by atoms with Gasteiger partial charge in [0.25, 0.3) is 0 Å². The lowest BCUT2D eigenvalue weighted by Gasteiger charge is -2.29. The first-order chi connectivity index (χ1) is 15.1. The van der Waals surface area contributed by atoms with E-state index in [1.165, 1.54) is 6.33 Å². The van der Waals surface area contributed by atoms with Gasteiger partial charge in [-0.3, -0.25) is 4.79 Å². The summed E-state index contributed by atoms with van der Waals surface area (Å²) in [6.45, 7) is 3.69. The Kier molecular flexibility index (Phi) is 5.52. The molecule has 1 atom stereocenters. The maximum atomic E-state index is 13.4. The normalized spacial score (nSPS) is 17.9. The summed E-state index contributed by atoms with van der Waals surface area (Å²) in [5.41, 5.74) is 4.91. The van der Waals surface area contributed by atoms with E-state index in [0.29, 0.717) is 28.0 Å². The number of fused-ring (bicyclic) bond motifs is 1. The minimum atomic E-state index is -0.299. The lowest BCUT2D eigenvalue weighted by molar-refractivity contribution is 0.0961. The maximum absolute atomic E-state index is 13.4. The van der Waals surface area contributed by atoms with Crippen molar-refractivity contribution < 1.29 is 9.53 Å². The molecule has 5 rings (SSSR count). The van der Waals surface area contributed by atoms with Crippen LogP contribution >= 0.6 is 23.2 Å². The Morgan fingerprint density at radius 3 is 2.68 bits per heavy atom. The average Bonchev–Trinajstić information content (AvgIpc) is 3.24. The van der Waals surface area contributed by atoms with E-state index in [1.54, 1.807) is 18.2 Å². The number of carbonyl (C=O) groups excluding carboxylic acids is 1. The van der Waals surface area contributed by atoms with Gasteiger partial charge in [-0.1, -0.05) is 29.3 Å². The molecule has 1 saturated heterocycles. The zero-order valence-electron chi connectivity index (χ0n) is 16.6. The molecule has 0 aliphatic carbocycles. The Balaban J connectivity index is 1.43. The van der Waals surface area contributed by atoms with Gasteiger partial charge in [0.15, 0.2) is 5.78 Å². The van der Waals surface area contributed by atoms with Gasteiger partial charge < -0.3 is 15.0 Å². The van der Waals surface area contributed by atoms with Gasteiger partial charge in [-0.2, -0.15) is 0 Å². The number of nitrogens with one attached hydrogen (secondary N) is 1. The molecule has 2 aliphatic rings. The standard InChI is InChI=1S/C23H20Cl2N4O2/c24-18-3-1-14(9-19(18)25)21-11-22(28-13-27-21)23(30)17-12-26-20-4-2-15(10-16(17)20)29-5-7-31-8-6-29/h1-4,9-11,13,17,26H,5-8,12H2. The number of carbonyl (C=O) groups is 1. The molecule has 1 fully saturated rings. The molecule has 158 valence electrons. The number of benzene rings is 2. The molecule has 2 aliphatic heterocycles. The quantitative estimate of drug-likeness (QED) is 0.577. The van der Waals surface area contributed by atoms with E-state index in [-0.39, 0.29) is 11.7 Å². The number of halogens is 2. The molecule has 1 aromatic heterocycles. The van der Waals surface area contributed by atoms with E-state index in [2.05, 4.69) is 38.4 Å². The summed E-state index contributed by atoms with van der Waals surface area (Å²) in [4.78, 5) is 24.2. The summed E-state index contributed by atoms with van der Waals surface area (Å²) in [5, 5.41) is 4.26. The van der Waals surface area contributed by atoms with E-state index in [4.69, 9.17) is 27.9 Å². The predicted octanol–water partition coefficient (Wildman–Crippen LogP) is 4.68. The molecule has 6 nitrogen and oxygen atoms in total. The fourth-order valence-corrected chi connectivity index (χ4v) is 4.36. The summed E-state index contributed by atoms with van der Waals surface area (Å²) < 4.78 is 5.45.